The van der Waals surface area contributed by atoms with E-state index < -0.39 is 17.2 Å². The summed E-state index contributed by atoms with van der Waals surface area (Å²) in [6.45, 7) is 2.04. The van der Waals surface area contributed by atoms with Gasteiger partial charge in [0, 0.05) is 11.1 Å². The predicted octanol–water partition coefficient (Wildman–Crippen LogP) is 3.09. The molecule has 0 aliphatic heterocycles. The van der Waals surface area contributed by atoms with Gasteiger partial charge in [0.25, 0.3) is 0 Å². The molecule has 2 nitrogen and oxygen atoms in total. The van der Waals surface area contributed by atoms with Crippen molar-refractivity contribution >= 4 is 0 Å². The van der Waals surface area contributed by atoms with Crippen LogP contribution in [-0.2, 0) is 5.54 Å². The van der Waals surface area contributed by atoms with Crippen molar-refractivity contribution in [3.05, 3.63) is 29.3 Å². The van der Waals surface area contributed by atoms with Crippen molar-refractivity contribution in [1.82, 2.24) is 0 Å². The first-order valence-electron chi connectivity index (χ1n) is 5.98. The fourth-order valence-corrected chi connectivity index (χ4v) is 2.46. The first kappa shape index (κ1) is 12.3. The van der Waals surface area contributed by atoms with E-state index in [0.717, 1.165) is 12.8 Å². The van der Waals surface area contributed by atoms with E-state index in [4.69, 9.17) is 10.5 Å². The molecule has 0 amide bonds. The second kappa shape index (κ2) is 4.61. The number of nitrogens with two attached hydrogens (primary N) is 1. The Hall–Kier alpha value is -1.16. The molecule has 1 aromatic rings. The number of hydrogen-bond donors (Lipinski definition) is 1. The first-order valence-corrected chi connectivity index (χ1v) is 5.98. The Morgan fingerprint density at radius 3 is 2.47 bits per heavy atom. The Bertz CT molecular complexity index is 414. The summed E-state index contributed by atoms with van der Waals surface area (Å²) in [5.41, 5.74) is 5.69. The maximum absolute atomic E-state index is 13.9. The van der Waals surface area contributed by atoms with Gasteiger partial charge in [0.15, 0.2) is 11.6 Å². The molecule has 1 aromatic carbocycles. The zero-order chi connectivity index (χ0) is 12.5. The molecule has 0 radical (unpaired) electrons. The lowest BCUT2D eigenvalue weighted by atomic mass is 9.89. The van der Waals surface area contributed by atoms with Crippen molar-refractivity contribution in [2.45, 2.75) is 38.1 Å². The van der Waals surface area contributed by atoms with Gasteiger partial charge < -0.3 is 10.5 Å². The lowest BCUT2D eigenvalue weighted by Gasteiger charge is -2.25. The van der Waals surface area contributed by atoms with Gasteiger partial charge in [-0.15, -0.1) is 0 Å². The van der Waals surface area contributed by atoms with E-state index in [9.17, 15) is 8.78 Å². The van der Waals surface area contributed by atoms with Crippen LogP contribution < -0.4 is 10.5 Å². The van der Waals surface area contributed by atoms with Crippen LogP contribution >= 0.6 is 0 Å². The Labute approximate surface area is 99.8 Å². The van der Waals surface area contributed by atoms with E-state index in [1.807, 2.05) is 0 Å². The van der Waals surface area contributed by atoms with E-state index in [1.165, 1.54) is 6.07 Å². The van der Waals surface area contributed by atoms with Crippen molar-refractivity contribution < 1.29 is 13.5 Å². The van der Waals surface area contributed by atoms with Crippen molar-refractivity contribution in [3.63, 3.8) is 0 Å². The molecule has 0 bridgehead atoms. The zero-order valence-corrected chi connectivity index (χ0v) is 9.93. The third-order valence-electron chi connectivity index (χ3n) is 3.38. The van der Waals surface area contributed by atoms with Crippen LogP contribution in [0.4, 0.5) is 8.78 Å². The van der Waals surface area contributed by atoms with Crippen LogP contribution in [-0.4, -0.2) is 6.61 Å². The highest BCUT2D eigenvalue weighted by Crippen LogP contribution is 2.39. The third kappa shape index (κ3) is 2.14. The Kier molecular flexibility index (Phi) is 3.33. The minimum absolute atomic E-state index is 0.0460. The van der Waals surface area contributed by atoms with E-state index in [0.29, 0.717) is 19.4 Å². The number of rotatable bonds is 3. The van der Waals surface area contributed by atoms with Gasteiger partial charge >= 0.3 is 0 Å². The van der Waals surface area contributed by atoms with Gasteiger partial charge in [-0.3, -0.25) is 0 Å². The summed E-state index contributed by atoms with van der Waals surface area (Å²) in [6.07, 6.45) is 3.34. The SMILES string of the molecule is CCOc1ccc(C2(N)CCCC2)c(F)c1F. The van der Waals surface area contributed by atoms with Gasteiger partial charge in [-0.2, -0.15) is 4.39 Å². The maximum atomic E-state index is 13.9. The molecule has 1 fully saturated rings. The molecule has 2 N–H and O–H groups in total. The maximum Gasteiger partial charge on any atom is 0.200 e. The summed E-state index contributed by atoms with van der Waals surface area (Å²) in [7, 11) is 0. The highest BCUT2D eigenvalue weighted by molar-refractivity contribution is 5.35. The van der Waals surface area contributed by atoms with Crippen molar-refractivity contribution in [1.29, 1.82) is 0 Å². The van der Waals surface area contributed by atoms with Crippen molar-refractivity contribution in [2.24, 2.45) is 5.73 Å². The predicted molar refractivity (Wildman–Crippen MR) is 61.9 cm³/mol. The summed E-state index contributed by atoms with van der Waals surface area (Å²) in [5, 5.41) is 0. The van der Waals surface area contributed by atoms with Gasteiger partial charge in [-0.1, -0.05) is 18.9 Å². The molecular formula is C13H17F2NO. The molecule has 4 heteroatoms. The quantitative estimate of drug-likeness (QED) is 0.882. The van der Waals surface area contributed by atoms with E-state index in [2.05, 4.69) is 0 Å². The normalized spacial score (nSPS) is 18.4. The van der Waals surface area contributed by atoms with Gasteiger partial charge in [-0.25, -0.2) is 4.39 Å². The molecule has 0 atom stereocenters. The Balaban J connectivity index is 2.40. The number of hydrogen-bond acceptors (Lipinski definition) is 2. The highest BCUT2D eigenvalue weighted by atomic mass is 19.2. The lowest BCUT2D eigenvalue weighted by molar-refractivity contribution is 0.310. The van der Waals surface area contributed by atoms with Crippen LogP contribution in [0.1, 0.15) is 38.2 Å². The molecule has 0 aromatic heterocycles. The summed E-state index contributed by atoms with van der Waals surface area (Å²) >= 11 is 0. The molecule has 2 rings (SSSR count). The molecule has 1 aliphatic carbocycles. The largest absolute Gasteiger partial charge is 0.491 e. The summed E-state index contributed by atoms with van der Waals surface area (Å²) in [6, 6.07) is 3.01. The zero-order valence-electron chi connectivity index (χ0n) is 9.93. The number of benzene rings is 1. The second-order valence-electron chi connectivity index (χ2n) is 4.54. The molecule has 0 unspecified atom stereocenters. The molecule has 0 saturated heterocycles. The second-order valence-corrected chi connectivity index (χ2v) is 4.54. The fourth-order valence-electron chi connectivity index (χ4n) is 2.46. The molecule has 0 spiro atoms. The average molecular weight is 241 g/mol. The third-order valence-corrected chi connectivity index (χ3v) is 3.38. The van der Waals surface area contributed by atoms with Crippen LogP contribution in [0.3, 0.4) is 0 Å². The van der Waals surface area contributed by atoms with Crippen molar-refractivity contribution in [2.75, 3.05) is 6.61 Å². The molecule has 0 heterocycles. The van der Waals surface area contributed by atoms with Crippen LogP contribution in [0.2, 0.25) is 0 Å². The highest BCUT2D eigenvalue weighted by Gasteiger charge is 2.35. The lowest BCUT2D eigenvalue weighted by Crippen LogP contribution is -2.34. The monoisotopic (exact) mass is 241 g/mol. The fraction of sp³-hybridized carbons (Fsp3) is 0.538. The van der Waals surface area contributed by atoms with Crippen LogP contribution in [0.25, 0.3) is 0 Å². The standard InChI is InChI=1S/C13H17F2NO/c1-2-17-10-6-5-9(11(14)12(10)15)13(16)7-3-4-8-13/h5-6H,2-4,7-8,16H2,1H3. The molecule has 1 aliphatic rings. The average Bonchev–Trinajstić information content (AvgIpc) is 2.73. The van der Waals surface area contributed by atoms with Crippen LogP contribution in [0.15, 0.2) is 12.1 Å². The van der Waals surface area contributed by atoms with E-state index in [1.54, 1.807) is 13.0 Å². The summed E-state index contributed by atoms with van der Waals surface area (Å²) < 4.78 is 32.7. The Morgan fingerprint density at radius 1 is 1.24 bits per heavy atom. The topological polar surface area (TPSA) is 35.2 Å². The summed E-state index contributed by atoms with van der Waals surface area (Å²) in [5.74, 6) is -1.84. The number of halogens is 2. The number of ether oxygens (including phenoxy) is 1. The van der Waals surface area contributed by atoms with Gasteiger partial charge in [0.2, 0.25) is 5.82 Å². The smallest absolute Gasteiger partial charge is 0.200 e. The molecule has 1 saturated carbocycles. The van der Waals surface area contributed by atoms with Gasteiger partial charge in [0.1, 0.15) is 0 Å². The summed E-state index contributed by atoms with van der Waals surface area (Å²) in [4.78, 5) is 0. The minimum atomic E-state index is -0.930. The molecular weight excluding hydrogens is 224 g/mol. The van der Waals surface area contributed by atoms with Gasteiger partial charge in [-0.05, 0) is 25.8 Å². The Morgan fingerprint density at radius 2 is 1.88 bits per heavy atom. The van der Waals surface area contributed by atoms with Crippen molar-refractivity contribution in [3.8, 4) is 5.75 Å². The van der Waals surface area contributed by atoms with E-state index in [-0.39, 0.29) is 11.3 Å². The molecule has 17 heavy (non-hydrogen) atoms. The van der Waals surface area contributed by atoms with Crippen LogP contribution in [0, 0.1) is 11.6 Å². The first-order chi connectivity index (χ1) is 8.08. The van der Waals surface area contributed by atoms with Crippen LogP contribution in [0.5, 0.6) is 5.75 Å². The minimum Gasteiger partial charge on any atom is -0.491 e. The van der Waals surface area contributed by atoms with Gasteiger partial charge in [0.05, 0.1) is 6.61 Å². The molecule has 94 valence electrons. The van der Waals surface area contributed by atoms with E-state index >= 15 is 0 Å².